The van der Waals surface area contributed by atoms with E-state index < -0.39 is 17.7 Å². The number of aryl methyl sites for hydroxylation is 1. The smallest absolute Gasteiger partial charge is 0.410 e. The second-order valence-corrected chi connectivity index (χ2v) is 10.7. The maximum Gasteiger partial charge on any atom is 0.410 e. The molecule has 1 amide bonds. The molecule has 0 saturated heterocycles. The SMILES string of the molecule is COc1ccc2c(c1)C(Oc1ccc(C(=O)O)cc1)=C(CN(CCc1ccc(F)cc1)C(=O)OC(C)(C)C)CC2. The number of fused-ring (bicyclic) bond motifs is 1. The van der Waals surface area contributed by atoms with Gasteiger partial charge in [-0.25, -0.2) is 14.0 Å². The van der Waals surface area contributed by atoms with Crippen molar-refractivity contribution in [1.29, 1.82) is 0 Å². The first-order valence-corrected chi connectivity index (χ1v) is 13.2. The van der Waals surface area contributed by atoms with Gasteiger partial charge < -0.3 is 24.2 Å². The number of halogens is 1. The lowest BCUT2D eigenvalue weighted by molar-refractivity contribution is 0.0267. The maximum atomic E-state index is 13.4. The zero-order valence-electron chi connectivity index (χ0n) is 23.2. The van der Waals surface area contributed by atoms with E-state index in [1.54, 1.807) is 36.3 Å². The summed E-state index contributed by atoms with van der Waals surface area (Å²) in [6.07, 6.45) is 1.46. The molecule has 0 saturated carbocycles. The molecule has 0 heterocycles. The highest BCUT2D eigenvalue weighted by atomic mass is 19.1. The molecule has 3 aromatic carbocycles. The van der Waals surface area contributed by atoms with Crippen LogP contribution in [0.4, 0.5) is 9.18 Å². The first-order valence-electron chi connectivity index (χ1n) is 13.2. The highest BCUT2D eigenvalue weighted by molar-refractivity contribution is 5.87. The quantitative estimate of drug-likeness (QED) is 0.319. The Kier molecular flexibility index (Phi) is 8.77. The number of hydrogen-bond acceptors (Lipinski definition) is 5. The van der Waals surface area contributed by atoms with Crippen molar-refractivity contribution in [2.75, 3.05) is 20.2 Å². The van der Waals surface area contributed by atoms with E-state index in [0.717, 1.165) is 28.7 Å². The minimum Gasteiger partial charge on any atom is -0.497 e. The summed E-state index contributed by atoms with van der Waals surface area (Å²) in [6.45, 7) is 6.08. The molecule has 1 N–H and O–H groups in total. The lowest BCUT2D eigenvalue weighted by atomic mass is 9.89. The molecule has 0 fully saturated rings. The molecule has 0 spiro atoms. The van der Waals surface area contributed by atoms with Gasteiger partial charge in [-0.05, 0) is 105 Å². The van der Waals surface area contributed by atoms with Crippen molar-refractivity contribution in [1.82, 2.24) is 4.90 Å². The van der Waals surface area contributed by atoms with E-state index in [9.17, 15) is 19.1 Å². The van der Waals surface area contributed by atoms with Crippen LogP contribution in [0.1, 0.15) is 54.2 Å². The van der Waals surface area contributed by atoms with E-state index in [4.69, 9.17) is 14.2 Å². The highest BCUT2D eigenvalue weighted by Gasteiger charge is 2.28. The minimum absolute atomic E-state index is 0.157. The molecule has 0 aliphatic heterocycles. The van der Waals surface area contributed by atoms with E-state index in [2.05, 4.69) is 0 Å². The third kappa shape index (κ3) is 7.40. The van der Waals surface area contributed by atoms with E-state index in [-0.39, 0.29) is 17.9 Å². The largest absolute Gasteiger partial charge is 0.497 e. The van der Waals surface area contributed by atoms with Crippen LogP contribution < -0.4 is 9.47 Å². The molecule has 3 aromatic rings. The average molecular weight is 548 g/mol. The number of aromatic carboxylic acids is 1. The van der Waals surface area contributed by atoms with Crippen molar-refractivity contribution in [2.45, 2.75) is 45.6 Å². The van der Waals surface area contributed by atoms with E-state index >= 15 is 0 Å². The molecular formula is C32H34FNO6. The lowest BCUT2D eigenvalue weighted by Gasteiger charge is -2.31. The monoisotopic (exact) mass is 547 g/mol. The summed E-state index contributed by atoms with van der Waals surface area (Å²) in [5, 5.41) is 9.27. The number of carbonyl (C=O) groups is 2. The van der Waals surface area contributed by atoms with Gasteiger partial charge in [0.2, 0.25) is 0 Å². The van der Waals surface area contributed by atoms with Crippen molar-refractivity contribution in [3.05, 3.63) is 100 Å². The molecule has 0 unspecified atom stereocenters. The predicted octanol–water partition coefficient (Wildman–Crippen LogP) is 6.75. The summed E-state index contributed by atoms with van der Waals surface area (Å²) in [5.41, 5.74) is 3.20. The maximum absolute atomic E-state index is 13.4. The normalized spacial score (nSPS) is 12.9. The Morgan fingerprint density at radius 3 is 2.25 bits per heavy atom. The predicted molar refractivity (Wildman–Crippen MR) is 150 cm³/mol. The number of methoxy groups -OCH3 is 1. The van der Waals surface area contributed by atoms with Crippen LogP contribution in [-0.4, -0.2) is 47.9 Å². The van der Waals surface area contributed by atoms with E-state index in [1.807, 2.05) is 39.0 Å². The van der Waals surface area contributed by atoms with Gasteiger partial charge in [0.25, 0.3) is 0 Å². The standard InChI is InChI=1S/C32H34FNO6/c1-32(2,3)40-31(37)34(18-17-21-5-12-25(33)13-6-21)20-24-8-7-22-9-16-27(38-4)19-28(22)29(24)39-26-14-10-23(11-15-26)30(35)36/h5-6,9-16,19H,7-8,17-18,20H2,1-4H3,(H,35,36). The fourth-order valence-electron chi connectivity index (χ4n) is 4.47. The molecule has 7 nitrogen and oxygen atoms in total. The number of carboxylic acids is 1. The Balaban J connectivity index is 1.70. The number of rotatable bonds is 9. The Morgan fingerprint density at radius 2 is 1.62 bits per heavy atom. The van der Waals surface area contributed by atoms with Gasteiger partial charge in [-0.2, -0.15) is 0 Å². The van der Waals surface area contributed by atoms with Gasteiger partial charge in [0, 0.05) is 18.7 Å². The molecule has 8 heteroatoms. The second-order valence-electron chi connectivity index (χ2n) is 10.7. The van der Waals surface area contributed by atoms with Crippen LogP contribution >= 0.6 is 0 Å². The molecule has 1 aliphatic rings. The number of amides is 1. The van der Waals surface area contributed by atoms with Crippen LogP contribution in [0.3, 0.4) is 0 Å². The summed E-state index contributed by atoms with van der Waals surface area (Å²) in [4.78, 5) is 26.3. The number of ether oxygens (including phenoxy) is 3. The van der Waals surface area contributed by atoms with E-state index in [1.165, 1.54) is 24.3 Å². The van der Waals surface area contributed by atoms with Crippen LogP contribution in [0.5, 0.6) is 11.5 Å². The zero-order valence-corrected chi connectivity index (χ0v) is 23.2. The molecule has 0 bridgehead atoms. The first kappa shape index (κ1) is 28.7. The van der Waals surface area contributed by atoms with Crippen molar-refractivity contribution < 1.29 is 33.3 Å². The van der Waals surface area contributed by atoms with E-state index in [0.29, 0.717) is 36.6 Å². The number of carboxylic acid groups (broad SMARTS) is 1. The Labute approximate surface area is 233 Å². The molecule has 1 aliphatic carbocycles. The van der Waals surface area contributed by atoms with Crippen molar-refractivity contribution >= 4 is 17.8 Å². The third-order valence-corrected chi connectivity index (χ3v) is 6.52. The molecule has 0 aromatic heterocycles. The van der Waals surface area contributed by atoms with Crippen molar-refractivity contribution in [2.24, 2.45) is 0 Å². The number of hydrogen-bond donors (Lipinski definition) is 1. The summed E-state index contributed by atoms with van der Waals surface area (Å²) < 4.78 is 31.0. The van der Waals surface area contributed by atoms with Crippen LogP contribution in [0.15, 0.2) is 72.3 Å². The van der Waals surface area contributed by atoms with Gasteiger partial charge in [-0.3, -0.25) is 0 Å². The van der Waals surface area contributed by atoms with Gasteiger partial charge >= 0.3 is 12.1 Å². The van der Waals surface area contributed by atoms with Crippen LogP contribution in [0.25, 0.3) is 5.76 Å². The minimum atomic E-state index is -1.02. The van der Waals surface area contributed by atoms with Crippen LogP contribution in [-0.2, 0) is 17.6 Å². The zero-order chi connectivity index (χ0) is 28.9. The summed E-state index contributed by atoms with van der Waals surface area (Å²) in [7, 11) is 1.60. The lowest BCUT2D eigenvalue weighted by Crippen LogP contribution is -2.39. The van der Waals surface area contributed by atoms with Crippen LogP contribution in [0, 0.1) is 5.82 Å². The van der Waals surface area contributed by atoms with Crippen molar-refractivity contribution in [3.63, 3.8) is 0 Å². The first-order chi connectivity index (χ1) is 19.0. The van der Waals surface area contributed by atoms with Crippen LogP contribution in [0.2, 0.25) is 0 Å². The molecule has 4 rings (SSSR count). The molecular weight excluding hydrogens is 513 g/mol. The summed E-state index contributed by atoms with van der Waals surface area (Å²) >= 11 is 0. The third-order valence-electron chi connectivity index (χ3n) is 6.52. The summed E-state index contributed by atoms with van der Waals surface area (Å²) in [5.74, 6) is 0.408. The van der Waals surface area contributed by atoms with Crippen molar-refractivity contribution in [3.8, 4) is 11.5 Å². The van der Waals surface area contributed by atoms with Gasteiger partial charge in [-0.1, -0.05) is 18.2 Å². The van der Waals surface area contributed by atoms with Gasteiger partial charge in [0.1, 0.15) is 28.7 Å². The number of benzene rings is 3. The Morgan fingerprint density at radius 1 is 0.950 bits per heavy atom. The fourth-order valence-corrected chi connectivity index (χ4v) is 4.47. The fraction of sp³-hybridized carbons (Fsp3) is 0.312. The van der Waals surface area contributed by atoms with Gasteiger partial charge in [0.15, 0.2) is 0 Å². The molecule has 210 valence electrons. The topological polar surface area (TPSA) is 85.3 Å². The Bertz CT molecular complexity index is 1390. The Hall–Kier alpha value is -4.33. The summed E-state index contributed by atoms with van der Waals surface area (Å²) in [6, 6.07) is 18.2. The van der Waals surface area contributed by atoms with Gasteiger partial charge in [-0.15, -0.1) is 0 Å². The average Bonchev–Trinajstić information content (AvgIpc) is 2.91. The molecule has 0 atom stereocenters. The molecule has 0 radical (unpaired) electrons. The highest BCUT2D eigenvalue weighted by Crippen LogP contribution is 2.36. The second kappa shape index (κ2) is 12.2. The number of carbonyl (C=O) groups excluding carboxylic acids is 1. The number of nitrogens with zero attached hydrogens (tertiary/aromatic N) is 1. The van der Waals surface area contributed by atoms with Gasteiger partial charge in [0.05, 0.1) is 12.7 Å². The molecule has 40 heavy (non-hydrogen) atoms.